The van der Waals surface area contributed by atoms with Crippen LogP contribution in [-0.2, 0) is 11.3 Å². The number of carbonyl (C=O) groups excluding carboxylic acids is 2. The molecule has 0 unspecified atom stereocenters. The number of amides is 3. The van der Waals surface area contributed by atoms with Gasteiger partial charge in [-0.05, 0) is 38.2 Å². The molecule has 4 heterocycles. The van der Waals surface area contributed by atoms with E-state index in [4.69, 9.17) is 0 Å². The Morgan fingerprint density at radius 2 is 1.96 bits per heavy atom. The molecule has 7 nitrogen and oxygen atoms in total. The Bertz CT molecular complexity index is 818. The molecule has 28 heavy (non-hydrogen) atoms. The molecule has 1 aromatic heterocycles. The van der Waals surface area contributed by atoms with Gasteiger partial charge in [-0.1, -0.05) is 0 Å². The smallest absolute Gasteiger partial charge is 0.320 e. The predicted molar refractivity (Wildman–Crippen MR) is 95.7 cm³/mol. The van der Waals surface area contributed by atoms with Crippen LogP contribution in [0.15, 0.2) is 6.07 Å². The van der Waals surface area contributed by atoms with E-state index in [0.29, 0.717) is 37.7 Å². The highest BCUT2D eigenvalue weighted by atomic mass is 19.3. The average molecular weight is 393 g/mol. The van der Waals surface area contributed by atoms with Gasteiger partial charge in [0.1, 0.15) is 5.69 Å². The molecule has 0 bridgehead atoms. The highest BCUT2D eigenvalue weighted by Gasteiger charge is 2.56. The minimum atomic E-state index is -2.50. The summed E-state index contributed by atoms with van der Waals surface area (Å²) in [5, 5.41) is 7.20. The maximum Gasteiger partial charge on any atom is 0.320 e. The van der Waals surface area contributed by atoms with Crippen LogP contribution in [0.25, 0.3) is 0 Å². The van der Waals surface area contributed by atoms with E-state index in [1.165, 1.54) is 10.7 Å². The minimum Gasteiger partial charge on any atom is -0.347 e. The molecule has 1 N–H and O–H groups in total. The zero-order valence-corrected chi connectivity index (χ0v) is 16.0. The highest BCUT2D eigenvalue weighted by molar-refractivity contribution is 5.82. The average Bonchev–Trinajstić information content (AvgIpc) is 3.09. The summed E-state index contributed by atoms with van der Waals surface area (Å²) in [6.45, 7) is 4.97. The number of aromatic nitrogens is 2. The molecule has 0 radical (unpaired) electrons. The van der Waals surface area contributed by atoms with E-state index in [9.17, 15) is 18.4 Å². The molecule has 5 rings (SSSR count). The quantitative estimate of drug-likeness (QED) is 0.853. The second-order valence-corrected chi connectivity index (χ2v) is 9.29. The Balaban J connectivity index is 1.09. The number of nitrogens with one attached hydrogen (secondary N) is 1. The molecule has 0 atom stereocenters. The number of nitrogens with zero attached hydrogens (tertiary/aromatic N) is 4. The van der Waals surface area contributed by atoms with E-state index in [1.54, 1.807) is 6.92 Å². The summed E-state index contributed by atoms with van der Waals surface area (Å²) in [5.41, 5.74) is 0.601. The zero-order valence-electron chi connectivity index (χ0n) is 16.0. The number of urea groups is 1. The maximum absolute atomic E-state index is 13.1. The Kier molecular flexibility index (Phi) is 3.77. The fourth-order valence-corrected chi connectivity index (χ4v) is 5.61. The van der Waals surface area contributed by atoms with Gasteiger partial charge in [0.2, 0.25) is 5.91 Å². The molecule has 4 aliphatic rings. The van der Waals surface area contributed by atoms with Crippen LogP contribution in [0.4, 0.5) is 13.6 Å². The highest BCUT2D eigenvalue weighted by Crippen LogP contribution is 2.53. The van der Waals surface area contributed by atoms with E-state index in [0.717, 1.165) is 32.4 Å². The summed E-state index contributed by atoms with van der Waals surface area (Å²) in [6, 6.07) is 1.51. The first-order valence-corrected chi connectivity index (χ1v) is 9.94. The van der Waals surface area contributed by atoms with Gasteiger partial charge in [0.15, 0.2) is 0 Å². The molecule has 152 valence electrons. The van der Waals surface area contributed by atoms with Gasteiger partial charge in [-0.25, -0.2) is 13.6 Å². The Morgan fingerprint density at radius 1 is 1.29 bits per heavy atom. The van der Waals surface area contributed by atoms with E-state index in [2.05, 4.69) is 10.4 Å². The van der Waals surface area contributed by atoms with Crippen molar-refractivity contribution in [1.82, 2.24) is 24.9 Å². The van der Waals surface area contributed by atoms with Gasteiger partial charge in [0.05, 0.1) is 11.2 Å². The summed E-state index contributed by atoms with van der Waals surface area (Å²) in [6.07, 6.45) is 0.779. The fourth-order valence-electron chi connectivity index (χ4n) is 5.61. The van der Waals surface area contributed by atoms with Crippen LogP contribution in [0.5, 0.6) is 0 Å². The molecule has 9 heteroatoms. The van der Waals surface area contributed by atoms with Crippen molar-refractivity contribution in [3.8, 4) is 0 Å². The van der Waals surface area contributed by atoms with Gasteiger partial charge < -0.3 is 15.1 Å². The van der Waals surface area contributed by atoms with Crippen LogP contribution in [0.3, 0.4) is 0 Å². The third-order valence-corrected chi connectivity index (χ3v) is 6.85. The van der Waals surface area contributed by atoms with Crippen LogP contribution in [-0.4, -0.2) is 63.2 Å². The summed E-state index contributed by atoms with van der Waals surface area (Å²) in [5.74, 6) is 0.424. The van der Waals surface area contributed by atoms with Crippen LogP contribution in [0.1, 0.15) is 43.5 Å². The molecule has 3 saturated heterocycles. The Morgan fingerprint density at radius 3 is 2.57 bits per heavy atom. The topological polar surface area (TPSA) is 70.5 Å². The number of alkyl halides is 2. The largest absolute Gasteiger partial charge is 0.347 e. The standard InChI is InChI=1S/C19H25F2N5O2/c1-12-4-14(16(20)21)26(23-12)7-13-5-18(6-13)8-24(9-18)17(28)25-10-19(11-25)3-2-15(27)22-19/h4,13,16H,2-3,5-11H2,1H3,(H,22,27). The number of aryl methyl sites for hydroxylation is 1. The second-order valence-electron chi connectivity index (χ2n) is 9.29. The lowest BCUT2D eigenvalue weighted by molar-refractivity contribution is -0.120. The minimum absolute atomic E-state index is 0.00502. The number of rotatable bonds is 3. The number of hydrogen-bond donors (Lipinski definition) is 1. The van der Waals surface area contributed by atoms with Gasteiger partial charge in [0, 0.05) is 44.6 Å². The van der Waals surface area contributed by atoms with E-state index in [-0.39, 0.29) is 28.6 Å². The van der Waals surface area contributed by atoms with Crippen molar-refractivity contribution in [2.45, 2.75) is 51.1 Å². The summed E-state index contributed by atoms with van der Waals surface area (Å²) in [4.78, 5) is 27.7. The predicted octanol–water partition coefficient (Wildman–Crippen LogP) is 1.93. The Labute approximate surface area is 162 Å². The molecule has 1 saturated carbocycles. The SMILES string of the molecule is Cc1cc(C(F)F)n(CC2CC3(C2)CN(C(=O)N2CC4(CCC(=O)N4)C2)C3)n1. The third kappa shape index (κ3) is 2.78. The van der Waals surface area contributed by atoms with Crippen molar-refractivity contribution in [1.29, 1.82) is 0 Å². The van der Waals surface area contributed by atoms with Gasteiger partial charge in [-0.3, -0.25) is 9.48 Å². The molecular weight excluding hydrogens is 368 g/mol. The molecule has 2 spiro atoms. The number of hydrogen-bond acceptors (Lipinski definition) is 3. The molecule has 0 aromatic carbocycles. The van der Waals surface area contributed by atoms with Crippen LogP contribution in [0.2, 0.25) is 0 Å². The molecule has 4 fully saturated rings. The van der Waals surface area contributed by atoms with E-state index < -0.39 is 6.43 Å². The lowest BCUT2D eigenvalue weighted by atomic mass is 9.57. The summed E-state index contributed by atoms with van der Waals surface area (Å²) >= 11 is 0. The summed E-state index contributed by atoms with van der Waals surface area (Å²) in [7, 11) is 0. The van der Waals surface area contributed by atoms with Crippen molar-refractivity contribution in [3.05, 3.63) is 17.5 Å². The van der Waals surface area contributed by atoms with Gasteiger partial charge in [-0.2, -0.15) is 5.10 Å². The van der Waals surface area contributed by atoms with Crippen molar-refractivity contribution >= 4 is 11.9 Å². The molecule has 1 aliphatic carbocycles. The molecule has 1 aromatic rings. The first-order valence-electron chi connectivity index (χ1n) is 9.94. The van der Waals surface area contributed by atoms with E-state index >= 15 is 0 Å². The first kappa shape index (κ1) is 17.9. The number of halogens is 2. The van der Waals surface area contributed by atoms with Gasteiger partial charge in [-0.15, -0.1) is 0 Å². The zero-order chi connectivity index (χ0) is 19.7. The fraction of sp³-hybridized carbons (Fsp3) is 0.737. The summed E-state index contributed by atoms with van der Waals surface area (Å²) < 4.78 is 27.6. The normalized spacial score (nSPS) is 25.1. The monoisotopic (exact) mass is 393 g/mol. The molecule has 3 amide bonds. The van der Waals surface area contributed by atoms with Crippen molar-refractivity contribution in [2.75, 3.05) is 26.2 Å². The molecular formula is C19H25F2N5O2. The number of likely N-dealkylation sites (tertiary alicyclic amines) is 2. The lowest BCUT2D eigenvalue weighted by Crippen LogP contribution is -2.73. The Hall–Kier alpha value is -2.19. The van der Waals surface area contributed by atoms with Crippen LogP contribution < -0.4 is 5.32 Å². The van der Waals surface area contributed by atoms with E-state index in [1.807, 2.05) is 9.80 Å². The van der Waals surface area contributed by atoms with Gasteiger partial charge >= 0.3 is 6.03 Å². The lowest BCUT2D eigenvalue weighted by Gasteiger charge is -2.61. The van der Waals surface area contributed by atoms with Crippen molar-refractivity contribution in [2.24, 2.45) is 11.3 Å². The van der Waals surface area contributed by atoms with Crippen LogP contribution in [0, 0.1) is 18.3 Å². The second kappa shape index (κ2) is 5.90. The number of carbonyl (C=O) groups is 2. The van der Waals surface area contributed by atoms with Crippen molar-refractivity contribution in [3.63, 3.8) is 0 Å². The maximum atomic E-state index is 13.1. The van der Waals surface area contributed by atoms with Crippen molar-refractivity contribution < 1.29 is 18.4 Å². The van der Waals surface area contributed by atoms with Gasteiger partial charge in [0.25, 0.3) is 6.43 Å². The first-order chi connectivity index (χ1) is 13.3. The third-order valence-electron chi connectivity index (χ3n) is 6.85. The van der Waals surface area contributed by atoms with Crippen LogP contribution >= 0.6 is 0 Å². The molecule has 3 aliphatic heterocycles.